The van der Waals surface area contributed by atoms with E-state index in [0.717, 1.165) is 66.4 Å². The van der Waals surface area contributed by atoms with E-state index in [4.69, 9.17) is 4.74 Å². The number of amides is 1. The van der Waals surface area contributed by atoms with E-state index in [1.807, 2.05) is 12.1 Å². The number of aromatic nitrogens is 2. The molecule has 2 fully saturated rings. The fraction of sp³-hybridized carbons (Fsp3) is 0.409. The second kappa shape index (κ2) is 8.20. The molecular weight excluding hydrogens is 398 g/mol. The molecule has 30 heavy (non-hydrogen) atoms. The van der Waals surface area contributed by atoms with Crippen molar-refractivity contribution in [2.45, 2.75) is 18.9 Å². The SMILES string of the molecule is COc1ccc(-c2cc3ncnc(N4CC[NH+](CC(=O)NC5CC5)CC4)c3s2)cc1. The highest BCUT2D eigenvalue weighted by Gasteiger charge is 2.28. The fourth-order valence-electron chi connectivity index (χ4n) is 3.91. The van der Waals surface area contributed by atoms with Crippen molar-refractivity contribution < 1.29 is 14.4 Å². The van der Waals surface area contributed by atoms with Gasteiger partial charge in [0.2, 0.25) is 0 Å². The molecule has 0 spiro atoms. The largest absolute Gasteiger partial charge is 0.497 e. The van der Waals surface area contributed by atoms with Crippen LogP contribution in [0.15, 0.2) is 36.7 Å². The molecule has 1 saturated carbocycles. The van der Waals surface area contributed by atoms with Crippen molar-refractivity contribution in [3.63, 3.8) is 0 Å². The van der Waals surface area contributed by atoms with Crippen LogP contribution in [-0.2, 0) is 4.79 Å². The zero-order valence-corrected chi connectivity index (χ0v) is 17.9. The van der Waals surface area contributed by atoms with Crippen LogP contribution in [0.4, 0.5) is 5.82 Å². The molecule has 2 aromatic heterocycles. The Kier molecular flexibility index (Phi) is 5.26. The first-order valence-electron chi connectivity index (χ1n) is 10.5. The predicted molar refractivity (Wildman–Crippen MR) is 118 cm³/mol. The Hall–Kier alpha value is -2.71. The minimum Gasteiger partial charge on any atom is -0.497 e. The number of thiophene rings is 1. The molecule has 0 atom stereocenters. The van der Waals surface area contributed by atoms with Crippen LogP contribution in [0.3, 0.4) is 0 Å². The molecule has 5 rings (SSSR count). The number of quaternary nitrogens is 1. The number of ether oxygens (including phenoxy) is 1. The quantitative estimate of drug-likeness (QED) is 0.625. The second-order valence-corrected chi connectivity index (χ2v) is 9.06. The number of fused-ring (bicyclic) bond motifs is 1. The summed E-state index contributed by atoms with van der Waals surface area (Å²) in [5, 5.41) is 3.09. The topological polar surface area (TPSA) is 71.8 Å². The number of piperazine rings is 1. The monoisotopic (exact) mass is 424 g/mol. The van der Waals surface area contributed by atoms with E-state index >= 15 is 0 Å². The number of hydrogen-bond acceptors (Lipinski definition) is 6. The molecule has 1 aliphatic carbocycles. The minimum atomic E-state index is 0.188. The Bertz CT molecular complexity index is 1040. The van der Waals surface area contributed by atoms with Crippen LogP contribution in [0.2, 0.25) is 0 Å². The lowest BCUT2D eigenvalue weighted by atomic mass is 10.2. The molecular formula is C22H26N5O2S+. The molecule has 3 aromatic rings. The molecule has 2 aliphatic rings. The Morgan fingerprint density at radius 2 is 2.00 bits per heavy atom. The third-order valence-electron chi connectivity index (χ3n) is 5.79. The van der Waals surface area contributed by atoms with Crippen molar-refractivity contribution in [2.75, 3.05) is 44.7 Å². The van der Waals surface area contributed by atoms with Crippen molar-refractivity contribution in [3.05, 3.63) is 36.7 Å². The lowest BCUT2D eigenvalue weighted by Crippen LogP contribution is -3.16. The predicted octanol–water partition coefficient (Wildman–Crippen LogP) is 1.35. The van der Waals surface area contributed by atoms with Crippen molar-refractivity contribution >= 4 is 33.3 Å². The van der Waals surface area contributed by atoms with Crippen LogP contribution in [0.5, 0.6) is 5.75 Å². The van der Waals surface area contributed by atoms with Crippen LogP contribution in [0, 0.1) is 0 Å². The zero-order chi connectivity index (χ0) is 20.5. The number of carbonyl (C=O) groups excluding carboxylic acids is 1. The standard InChI is InChI=1S/C22H25N5O2S/c1-29-17-6-2-15(3-7-17)19-12-18-21(30-19)22(24-14-23-18)27-10-8-26(9-11-27)13-20(28)25-16-4-5-16/h2-3,6-7,12,14,16H,4-5,8-11,13H2,1H3,(H,25,28)/p+1. The summed E-state index contributed by atoms with van der Waals surface area (Å²) in [6, 6.07) is 10.7. The van der Waals surface area contributed by atoms with Gasteiger partial charge < -0.3 is 19.9 Å². The van der Waals surface area contributed by atoms with Crippen LogP contribution < -0.4 is 19.9 Å². The summed E-state index contributed by atoms with van der Waals surface area (Å²) >= 11 is 1.73. The van der Waals surface area contributed by atoms with Gasteiger partial charge in [0.1, 0.15) is 17.9 Å². The zero-order valence-electron chi connectivity index (χ0n) is 17.1. The van der Waals surface area contributed by atoms with Crippen molar-refractivity contribution in [3.8, 4) is 16.2 Å². The number of benzene rings is 1. The summed E-state index contributed by atoms with van der Waals surface area (Å²) in [4.78, 5) is 26.1. The molecule has 156 valence electrons. The number of anilines is 1. The first-order valence-corrected chi connectivity index (χ1v) is 11.3. The van der Waals surface area contributed by atoms with Crippen LogP contribution in [0.25, 0.3) is 20.7 Å². The molecule has 1 saturated heterocycles. The van der Waals surface area contributed by atoms with Gasteiger partial charge >= 0.3 is 0 Å². The molecule has 1 aromatic carbocycles. The third-order valence-corrected chi connectivity index (χ3v) is 6.96. The second-order valence-electron chi connectivity index (χ2n) is 8.01. The lowest BCUT2D eigenvalue weighted by Gasteiger charge is -2.32. The van der Waals surface area contributed by atoms with E-state index in [-0.39, 0.29) is 5.91 Å². The van der Waals surface area contributed by atoms with Gasteiger partial charge in [-0.1, -0.05) is 0 Å². The number of carbonyl (C=O) groups is 1. The average molecular weight is 425 g/mol. The van der Waals surface area contributed by atoms with Crippen molar-refractivity contribution in [2.24, 2.45) is 0 Å². The highest BCUT2D eigenvalue weighted by atomic mass is 32.1. The molecule has 8 heteroatoms. The highest BCUT2D eigenvalue weighted by Crippen LogP contribution is 2.37. The number of nitrogens with zero attached hydrogens (tertiary/aromatic N) is 3. The van der Waals surface area contributed by atoms with Gasteiger partial charge in [0.15, 0.2) is 6.54 Å². The minimum absolute atomic E-state index is 0.188. The maximum atomic E-state index is 12.1. The van der Waals surface area contributed by atoms with Gasteiger partial charge in [-0.05, 0) is 48.7 Å². The Morgan fingerprint density at radius 1 is 1.23 bits per heavy atom. The maximum Gasteiger partial charge on any atom is 0.275 e. The number of hydrogen-bond donors (Lipinski definition) is 2. The smallest absolute Gasteiger partial charge is 0.275 e. The van der Waals surface area contributed by atoms with Gasteiger partial charge in [0, 0.05) is 10.9 Å². The van der Waals surface area contributed by atoms with E-state index in [0.29, 0.717) is 12.6 Å². The average Bonchev–Trinajstić information content (AvgIpc) is 3.47. The van der Waals surface area contributed by atoms with Gasteiger partial charge in [-0.2, -0.15) is 0 Å². The van der Waals surface area contributed by atoms with Crippen molar-refractivity contribution in [1.29, 1.82) is 0 Å². The molecule has 0 radical (unpaired) electrons. The van der Waals surface area contributed by atoms with E-state index in [9.17, 15) is 4.79 Å². The van der Waals surface area contributed by atoms with Crippen molar-refractivity contribution in [1.82, 2.24) is 15.3 Å². The van der Waals surface area contributed by atoms with E-state index in [1.165, 1.54) is 9.78 Å². The van der Waals surface area contributed by atoms with E-state index < -0.39 is 0 Å². The lowest BCUT2D eigenvalue weighted by molar-refractivity contribution is -0.892. The van der Waals surface area contributed by atoms with Crippen LogP contribution >= 0.6 is 11.3 Å². The summed E-state index contributed by atoms with van der Waals surface area (Å²) < 4.78 is 6.39. The van der Waals surface area contributed by atoms with Gasteiger partial charge in [0.05, 0.1) is 43.5 Å². The number of rotatable bonds is 6. The third kappa shape index (κ3) is 4.11. The summed E-state index contributed by atoms with van der Waals surface area (Å²) in [5.41, 5.74) is 2.13. The molecule has 3 heterocycles. The molecule has 1 amide bonds. The van der Waals surface area contributed by atoms with Crippen LogP contribution in [-0.4, -0.2) is 61.8 Å². The fourth-order valence-corrected chi connectivity index (χ4v) is 5.04. The maximum absolute atomic E-state index is 12.1. The van der Waals surface area contributed by atoms with Crippen LogP contribution in [0.1, 0.15) is 12.8 Å². The summed E-state index contributed by atoms with van der Waals surface area (Å²) in [5.74, 6) is 2.05. The molecule has 1 aliphatic heterocycles. The summed E-state index contributed by atoms with van der Waals surface area (Å²) in [7, 11) is 1.68. The first kappa shape index (κ1) is 19.3. The highest BCUT2D eigenvalue weighted by molar-refractivity contribution is 7.22. The molecule has 7 nitrogen and oxygen atoms in total. The number of nitrogens with one attached hydrogen (secondary N) is 2. The van der Waals surface area contributed by atoms with E-state index in [2.05, 4.69) is 38.4 Å². The molecule has 0 unspecified atom stereocenters. The van der Waals surface area contributed by atoms with E-state index in [1.54, 1.807) is 24.8 Å². The number of methoxy groups -OCH3 is 1. The molecule has 0 bridgehead atoms. The van der Waals surface area contributed by atoms with Gasteiger partial charge in [-0.15, -0.1) is 11.3 Å². The van der Waals surface area contributed by atoms with Gasteiger partial charge in [-0.3, -0.25) is 4.79 Å². The normalized spacial score (nSPS) is 17.3. The van der Waals surface area contributed by atoms with Gasteiger partial charge in [0.25, 0.3) is 5.91 Å². The Balaban J connectivity index is 1.29. The Labute approximate surface area is 179 Å². The summed E-state index contributed by atoms with van der Waals surface area (Å²) in [6.07, 6.45) is 3.93. The Morgan fingerprint density at radius 3 is 2.70 bits per heavy atom. The summed E-state index contributed by atoms with van der Waals surface area (Å²) in [6.45, 7) is 4.26. The first-order chi connectivity index (χ1) is 14.7. The molecule has 2 N–H and O–H groups in total. The van der Waals surface area contributed by atoms with Gasteiger partial charge in [-0.25, -0.2) is 9.97 Å².